The summed E-state index contributed by atoms with van der Waals surface area (Å²) in [5.74, 6) is 0.00456. The van der Waals surface area contributed by atoms with Crippen molar-refractivity contribution in [3.05, 3.63) is 71.3 Å². The highest BCUT2D eigenvalue weighted by atomic mass is 19.1. The van der Waals surface area contributed by atoms with Crippen LogP contribution in [-0.4, -0.2) is 48.3 Å². The number of fused-ring (bicyclic) bond motifs is 1. The first-order chi connectivity index (χ1) is 18.0. The summed E-state index contributed by atoms with van der Waals surface area (Å²) >= 11 is 0. The van der Waals surface area contributed by atoms with Crippen LogP contribution in [0.3, 0.4) is 0 Å². The minimum absolute atomic E-state index is 0.0671. The van der Waals surface area contributed by atoms with Gasteiger partial charge in [-0.05, 0) is 74.1 Å². The van der Waals surface area contributed by atoms with Gasteiger partial charge < -0.3 is 10.2 Å². The highest BCUT2D eigenvalue weighted by Crippen LogP contribution is 2.38. The number of aryl methyl sites for hydroxylation is 1. The number of aromatic nitrogens is 6. The second kappa shape index (κ2) is 9.53. The molecule has 1 aliphatic heterocycles. The van der Waals surface area contributed by atoms with E-state index in [9.17, 15) is 13.6 Å². The van der Waals surface area contributed by atoms with E-state index in [0.29, 0.717) is 16.6 Å². The summed E-state index contributed by atoms with van der Waals surface area (Å²) in [5, 5.41) is 19.9. The van der Waals surface area contributed by atoms with E-state index in [1.165, 1.54) is 16.9 Å². The molecule has 1 saturated heterocycles. The summed E-state index contributed by atoms with van der Waals surface area (Å²) in [5.41, 5.74) is 2.38. The molecule has 192 valence electrons. The Morgan fingerprint density at radius 3 is 2.70 bits per heavy atom. The fourth-order valence-corrected chi connectivity index (χ4v) is 5.71. The minimum atomic E-state index is -0.449. The summed E-state index contributed by atoms with van der Waals surface area (Å²) in [6.07, 6.45) is 8.44. The zero-order valence-electron chi connectivity index (χ0n) is 20.5. The molecule has 4 heterocycles. The second-order valence-electron chi connectivity index (χ2n) is 9.95. The van der Waals surface area contributed by atoms with Crippen molar-refractivity contribution in [2.45, 2.75) is 56.5 Å². The van der Waals surface area contributed by atoms with Crippen molar-refractivity contribution in [3.63, 3.8) is 0 Å². The molecule has 3 aromatic heterocycles. The predicted molar refractivity (Wildman–Crippen MR) is 132 cm³/mol. The molecular weight excluding hydrogens is 478 g/mol. The molecule has 2 fully saturated rings. The van der Waals surface area contributed by atoms with E-state index in [2.05, 4.69) is 30.7 Å². The van der Waals surface area contributed by atoms with Crippen molar-refractivity contribution in [2.24, 2.45) is 7.05 Å². The predicted octanol–water partition coefficient (Wildman–Crippen LogP) is 3.93. The van der Waals surface area contributed by atoms with Gasteiger partial charge in [0.1, 0.15) is 11.6 Å². The number of halogens is 2. The first-order valence-electron chi connectivity index (χ1n) is 12.7. The average molecular weight is 507 g/mol. The maximum Gasteiger partial charge on any atom is 0.255 e. The van der Waals surface area contributed by atoms with Crippen LogP contribution in [-0.2, 0) is 7.05 Å². The van der Waals surface area contributed by atoms with Crippen LogP contribution in [0.5, 0.6) is 0 Å². The van der Waals surface area contributed by atoms with Crippen LogP contribution in [0, 0.1) is 11.6 Å². The second-order valence-corrected chi connectivity index (χ2v) is 9.95. The molecule has 4 aromatic rings. The molecule has 1 aromatic carbocycles. The lowest BCUT2D eigenvalue weighted by atomic mass is 9.85. The van der Waals surface area contributed by atoms with Crippen molar-refractivity contribution >= 4 is 17.1 Å². The Morgan fingerprint density at radius 1 is 1.08 bits per heavy atom. The van der Waals surface area contributed by atoms with Crippen molar-refractivity contribution in [1.82, 2.24) is 35.1 Å². The van der Waals surface area contributed by atoms with Gasteiger partial charge in [0.05, 0.1) is 30.4 Å². The molecule has 11 heteroatoms. The fraction of sp³-hybridized carbons (Fsp3) is 0.423. The molecule has 6 rings (SSSR count). The van der Waals surface area contributed by atoms with Crippen LogP contribution in [0.4, 0.5) is 14.5 Å². The SMILES string of the molecule is Cn1nnc(C2CCC(NC(=O)c3cnn4ccc(N5CCCC5c5cc(F)ccc5F)cc34)CC2)n1. The zero-order chi connectivity index (χ0) is 25.5. The molecule has 1 saturated carbocycles. The lowest BCUT2D eigenvalue weighted by Crippen LogP contribution is -2.37. The van der Waals surface area contributed by atoms with Crippen LogP contribution in [0.25, 0.3) is 5.52 Å². The molecule has 9 nitrogen and oxygen atoms in total. The van der Waals surface area contributed by atoms with Crippen LogP contribution in [0.2, 0.25) is 0 Å². The van der Waals surface area contributed by atoms with E-state index in [0.717, 1.165) is 62.6 Å². The standard InChI is InChI=1S/C26H28F2N8O/c1-34-32-25(31-33-34)16-4-7-18(8-5-16)30-26(37)21-15-29-36-12-10-19(14-24(21)36)35-11-2-3-23(35)20-13-17(27)6-9-22(20)28/h6,9-10,12-16,18,23H,2-5,7-8,11H2,1H3,(H,30,37). The summed E-state index contributed by atoms with van der Waals surface area (Å²) in [7, 11) is 1.76. The summed E-state index contributed by atoms with van der Waals surface area (Å²) in [4.78, 5) is 16.8. The fourth-order valence-electron chi connectivity index (χ4n) is 5.71. The van der Waals surface area contributed by atoms with Gasteiger partial charge in [0.25, 0.3) is 5.91 Å². The first-order valence-corrected chi connectivity index (χ1v) is 12.7. The first kappa shape index (κ1) is 23.5. The third kappa shape index (κ3) is 4.54. The molecule has 1 atom stereocenters. The maximum absolute atomic E-state index is 14.6. The molecule has 37 heavy (non-hydrogen) atoms. The summed E-state index contributed by atoms with van der Waals surface area (Å²) in [6.45, 7) is 0.719. The van der Waals surface area contributed by atoms with Crippen LogP contribution in [0.1, 0.15) is 72.2 Å². The zero-order valence-corrected chi connectivity index (χ0v) is 20.5. The lowest BCUT2D eigenvalue weighted by molar-refractivity contribution is 0.0927. The van der Waals surface area contributed by atoms with Crippen molar-refractivity contribution < 1.29 is 13.6 Å². The topological polar surface area (TPSA) is 93.2 Å². The third-order valence-corrected chi connectivity index (χ3v) is 7.60. The number of carbonyl (C=O) groups is 1. The monoisotopic (exact) mass is 506 g/mol. The Labute approximate surface area is 212 Å². The molecule has 1 unspecified atom stereocenters. The highest BCUT2D eigenvalue weighted by molar-refractivity contribution is 6.01. The number of hydrogen-bond acceptors (Lipinski definition) is 6. The molecule has 1 amide bonds. The molecule has 2 aliphatic rings. The average Bonchev–Trinajstić information content (AvgIpc) is 3.65. The van der Waals surface area contributed by atoms with E-state index in [-0.39, 0.29) is 23.9 Å². The van der Waals surface area contributed by atoms with Gasteiger partial charge in [-0.2, -0.15) is 9.90 Å². The molecule has 1 N–H and O–H groups in total. The Hall–Kier alpha value is -3.89. The normalized spacial score (nSPS) is 22.0. The number of nitrogens with one attached hydrogen (secondary N) is 1. The largest absolute Gasteiger partial charge is 0.364 e. The lowest BCUT2D eigenvalue weighted by Gasteiger charge is -2.28. The van der Waals surface area contributed by atoms with Gasteiger partial charge in [-0.1, -0.05) is 0 Å². The number of pyridine rings is 1. The minimum Gasteiger partial charge on any atom is -0.364 e. The van der Waals surface area contributed by atoms with Gasteiger partial charge in [0.15, 0.2) is 5.82 Å². The van der Waals surface area contributed by atoms with E-state index >= 15 is 0 Å². The molecule has 1 aliphatic carbocycles. The molecule has 0 radical (unpaired) electrons. The Morgan fingerprint density at radius 2 is 1.92 bits per heavy atom. The number of tetrazole rings is 1. The van der Waals surface area contributed by atoms with Crippen LogP contribution >= 0.6 is 0 Å². The number of rotatable bonds is 5. The Balaban J connectivity index is 1.18. The van der Waals surface area contributed by atoms with Crippen molar-refractivity contribution in [1.29, 1.82) is 0 Å². The Bertz CT molecular complexity index is 1440. The number of carbonyl (C=O) groups excluding carboxylic acids is 1. The van der Waals surface area contributed by atoms with Gasteiger partial charge in [-0.25, -0.2) is 13.3 Å². The molecule has 0 bridgehead atoms. The van der Waals surface area contributed by atoms with Gasteiger partial charge in [0.2, 0.25) is 0 Å². The number of nitrogens with zero attached hydrogens (tertiary/aromatic N) is 7. The number of benzene rings is 1. The highest BCUT2D eigenvalue weighted by Gasteiger charge is 2.30. The quantitative estimate of drug-likeness (QED) is 0.441. The van der Waals surface area contributed by atoms with Gasteiger partial charge in [-0.15, -0.1) is 10.2 Å². The number of hydrogen-bond donors (Lipinski definition) is 1. The van der Waals surface area contributed by atoms with Gasteiger partial charge >= 0.3 is 0 Å². The van der Waals surface area contributed by atoms with Crippen molar-refractivity contribution in [3.8, 4) is 0 Å². The van der Waals surface area contributed by atoms with E-state index in [1.54, 1.807) is 24.0 Å². The maximum atomic E-state index is 14.6. The van der Waals surface area contributed by atoms with Crippen molar-refractivity contribution in [2.75, 3.05) is 11.4 Å². The smallest absolute Gasteiger partial charge is 0.255 e. The summed E-state index contributed by atoms with van der Waals surface area (Å²) in [6, 6.07) is 7.22. The Kier molecular flexibility index (Phi) is 6.05. The van der Waals surface area contributed by atoms with Gasteiger partial charge in [0, 0.05) is 36.0 Å². The molecular formula is C26H28F2N8O. The van der Waals surface area contributed by atoms with E-state index in [1.807, 2.05) is 12.1 Å². The molecule has 0 spiro atoms. The van der Waals surface area contributed by atoms with Crippen LogP contribution in [0.15, 0.2) is 42.7 Å². The summed E-state index contributed by atoms with van der Waals surface area (Å²) < 4.78 is 30.1. The number of anilines is 1. The van der Waals surface area contributed by atoms with E-state index < -0.39 is 11.6 Å². The van der Waals surface area contributed by atoms with Gasteiger partial charge in [-0.3, -0.25) is 4.79 Å². The van der Waals surface area contributed by atoms with Crippen LogP contribution < -0.4 is 10.2 Å². The number of amides is 1. The third-order valence-electron chi connectivity index (χ3n) is 7.60. The van der Waals surface area contributed by atoms with E-state index in [4.69, 9.17) is 0 Å².